The molecule has 114 valence electrons. The summed E-state index contributed by atoms with van der Waals surface area (Å²) in [4.78, 5) is 22.3. The van der Waals surface area contributed by atoms with Gasteiger partial charge in [-0.1, -0.05) is 42.5 Å². The molecule has 2 atom stereocenters. The number of allylic oxidation sites excluding steroid dienone is 4. The molecular formula is C17H18N2O3. The summed E-state index contributed by atoms with van der Waals surface area (Å²) in [6, 6.07) is 8.23. The summed E-state index contributed by atoms with van der Waals surface area (Å²) in [6.45, 7) is 0.0782. The molecule has 0 bridgehead atoms. The minimum Gasteiger partial charge on any atom is -0.449 e. The smallest absolute Gasteiger partial charge is 0.407 e. The second-order valence-corrected chi connectivity index (χ2v) is 5.50. The fraction of sp³-hybridized carbons (Fsp3) is 0.294. The number of nitrogens with two attached hydrogens (primary N) is 1. The molecule has 0 radical (unpaired) electrons. The van der Waals surface area contributed by atoms with E-state index >= 15 is 0 Å². The number of nitrogens with one attached hydrogen (secondary N) is 1. The van der Waals surface area contributed by atoms with Crippen LogP contribution in [0.1, 0.15) is 23.5 Å². The van der Waals surface area contributed by atoms with Crippen LogP contribution in [0.3, 0.4) is 0 Å². The van der Waals surface area contributed by atoms with Gasteiger partial charge in [0, 0.05) is 5.92 Å². The van der Waals surface area contributed by atoms with Gasteiger partial charge in [0.05, 0.1) is 6.54 Å². The zero-order valence-electron chi connectivity index (χ0n) is 12.1. The largest absolute Gasteiger partial charge is 0.449 e. The van der Waals surface area contributed by atoms with Gasteiger partial charge in [-0.05, 0) is 29.0 Å². The zero-order chi connectivity index (χ0) is 15.5. The van der Waals surface area contributed by atoms with Crippen molar-refractivity contribution < 1.29 is 14.3 Å². The van der Waals surface area contributed by atoms with Gasteiger partial charge in [-0.3, -0.25) is 4.79 Å². The molecule has 1 aromatic carbocycles. The Hall–Kier alpha value is -2.56. The zero-order valence-corrected chi connectivity index (χ0v) is 12.1. The van der Waals surface area contributed by atoms with Crippen molar-refractivity contribution in [2.45, 2.75) is 12.3 Å². The maximum atomic E-state index is 11.6. The lowest BCUT2D eigenvalue weighted by Crippen LogP contribution is -2.34. The van der Waals surface area contributed by atoms with E-state index in [4.69, 9.17) is 10.5 Å². The van der Waals surface area contributed by atoms with Crippen LogP contribution in [0.15, 0.2) is 42.5 Å². The Balaban J connectivity index is 1.71. The quantitative estimate of drug-likeness (QED) is 0.891. The predicted molar refractivity (Wildman–Crippen MR) is 83.0 cm³/mol. The standard InChI is InChI=1S/C17H18N2O3/c18-16(20)9-19-17(21)22-10-15-13-7-3-1-5-11(13)12-6-2-4-8-14(12)15/h1-7,14-15H,8-10H2,(H2,18,20)(H,19,21). The first-order chi connectivity index (χ1) is 10.7. The van der Waals surface area contributed by atoms with E-state index in [1.807, 2.05) is 12.1 Å². The minimum absolute atomic E-state index is 0.145. The molecule has 0 fully saturated rings. The summed E-state index contributed by atoms with van der Waals surface area (Å²) in [7, 11) is 0. The Morgan fingerprint density at radius 1 is 1.32 bits per heavy atom. The molecule has 0 aromatic heterocycles. The highest BCUT2D eigenvalue weighted by Crippen LogP contribution is 2.49. The number of benzene rings is 1. The van der Waals surface area contributed by atoms with E-state index in [2.05, 4.69) is 35.7 Å². The van der Waals surface area contributed by atoms with Crippen molar-refractivity contribution >= 4 is 17.6 Å². The summed E-state index contributed by atoms with van der Waals surface area (Å²) in [5.74, 6) is -0.108. The number of carbonyl (C=O) groups excluding carboxylic acids is 2. The van der Waals surface area contributed by atoms with Crippen molar-refractivity contribution in [2.75, 3.05) is 13.2 Å². The first kappa shape index (κ1) is 14.4. The van der Waals surface area contributed by atoms with Crippen molar-refractivity contribution in [3.8, 4) is 0 Å². The molecule has 2 aliphatic rings. The molecule has 22 heavy (non-hydrogen) atoms. The number of rotatable bonds is 4. The van der Waals surface area contributed by atoms with E-state index in [-0.39, 0.29) is 19.1 Å². The number of ether oxygens (including phenoxy) is 1. The highest BCUT2D eigenvalue weighted by atomic mass is 16.5. The molecule has 0 aliphatic heterocycles. The van der Waals surface area contributed by atoms with Gasteiger partial charge in [0.2, 0.25) is 5.91 Å². The van der Waals surface area contributed by atoms with Crippen LogP contribution >= 0.6 is 0 Å². The second-order valence-electron chi connectivity index (χ2n) is 5.50. The first-order valence-corrected chi connectivity index (χ1v) is 7.31. The van der Waals surface area contributed by atoms with Gasteiger partial charge in [-0.15, -0.1) is 0 Å². The van der Waals surface area contributed by atoms with E-state index in [9.17, 15) is 9.59 Å². The van der Waals surface area contributed by atoms with Gasteiger partial charge in [-0.25, -0.2) is 4.79 Å². The summed E-state index contributed by atoms with van der Waals surface area (Å²) in [5, 5.41) is 2.34. The van der Waals surface area contributed by atoms with Crippen LogP contribution in [0.5, 0.6) is 0 Å². The monoisotopic (exact) mass is 298 g/mol. The molecule has 0 saturated carbocycles. The summed E-state index contributed by atoms with van der Waals surface area (Å²) < 4.78 is 5.27. The Morgan fingerprint density at radius 3 is 2.95 bits per heavy atom. The third-order valence-corrected chi connectivity index (χ3v) is 4.16. The molecular weight excluding hydrogens is 280 g/mol. The molecule has 5 heteroatoms. The van der Waals surface area contributed by atoms with Crippen LogP contribution < -0.4 is 11.1 Å². The molecule has 0 spiro atoms. The first-order valence-electron chi connectivity index (χ1n) is 7.31. The topological polar surface area (TPSA) is 81.4 Å². The number of amides is 2. The van der Waals surface area contributed by atoms with E-state index in [1.165, 1.54) is 16.7 Å². The lowest BCUT2D eigenvalue weighted by atomic mass is 9.86. The highest BCUT2D eigenvalue weighted by molar-refractivity contribution is 5.81. The van der Waals surface area contributed by atoms with Crippen molar-refractivity contribution in [3.05, 3.63) is 53.6 Å². The van der Waals surface area contributed by atoms with Crippen LogP contribution in [-0.2, 0) is 9.53 Å². The molecule has 2 unspecified atom stereocenters. The van der Waals surface area contributed by atoms with Crippen LogP contribution in [-0.4, -0.2) is 25.2 Å². The predicted octanol–water partition coefficient (Wildman–Crippen LogP) is 1.95. The number of alkyl carbamates (subject to hydrolysis) is 1. The van der Waals surface area contributed by atoms with Crippen LogP contribution in [0.4, 0.5) is 4.79 Å². The van der Waals surface area contributed by atoms with Gasteiger partial charge < -0.3 is 15.8 Å². The molecule has 1 aromatic rings. The Kier molecular flexibility index (Phi) is 3.96. The summed E-state index contributed by atoms with van der Waals surface area (Å²) in [5.41, 5.74) is 8.75. The lowest BCUT2D eigenvalue weighted by molar-refractivity contribution is -0.117. The molecule has 0 heterocycles. The average Bonchev–Trinajstić information content (AvgIpc) is 2.85. The SMILES string of the molecule is NC(=O)CNC(=O)OCC1c2ccccc2C2=CC=CCC21. The maximum absolute atomic E-state index is 11.6. The molecule has 2 aliphatic carbocycles. The normalized spacial score (nSPS) is 21.5. The van der Waals surface area contributed by atoms with Crippen LogP contribution in [0, 0.1) is 5.92 Å². The molecule has 2 amide bonds. The average molecular weight is 298 g/mol. The third kappa shape index (κ3) is 2.74. The van der Waals surface area contributed by atoms with Crippen molar-refractivity contribution in [2.24, 2.45) is 11.7 Å². The Bertz CT molecular complexity index is 664. The van der Waals surface area contributed by atoms with Crippen LogP contribution in [0.25, 0.3) is 5.57 Å². The molecule has 0 saturated heterocycles. The van der Waals surface area contributed by atoms with Crippen molar-refractivity contribution in [1.29, 1.82) is 0 Å². The number of fused-ring (bicyclic) bond motifs is 3. The van der Waals surface area contributed by atoms with E-state index in [1.54, 1.807) is 0 Å². The van der Waals surface area contributed by atoms with Gasteiger partial charge in [-0.2, -0.15) is 0 Å². The fourth-order valence-electron chi connectivity index (χ4n) is 3.20. The maximum Gasteiger partial charge on any atom is 0.407 e. The number of hydrogen-bond acceptors (Lipinski definition) is 3. The number of carbonyl (C=O) groups is 2. The number of hydrogen-bond donors (Lipinski definition) is 2. The summed E-state index contributed by atoms with van der Waals surface area (Å²) >= 11 is 0. The van der Waals surface area contributed by atoms with Gasteiger partial charge >= 0.3 is 6.09 Å². The number of primary amides is 1. The van der Waals surface area contributed by atoms with E-state index in [0.29, 0.717) is 5.92 Å². The molecule has 3 N–H and O–H groups in total. The molecule has 3 rings (SSSR count). The van der Waals surface area contributed by atoms with Crippen molar-refractivity contribution in [1.82, 2.24) is 5.32 Å². The fourth-order valence-corrected chi connectivity index (χ4v) is 3.20. The molecule has 5 nitrogen and oxygen atoms in total. The van der Waals surface area contributed by atoms with Gasteiger partial charge in [0.15, 0.2) is 0 Å². The highest BCUT2D eigenvalue weighted by Gasteiger charge is 2.36. The van der Waals surface area contributed by atoms with Crippen molar-refractivity contribution in [3.63, 3.8) is 0 Å². The second kappa shape index (κ2) is 6.05. The van der Waals surface area contributed by atoms with E-state index < -0.39 is 12.0 Å². The Morgan fingerprint density at radius 2 is 2.14 bits per heavy atom. The Labute approximate surface area is 128 Å². The minimum atomic E-state index is -0.611. The third-order valence-electron chi connectivity index (χ3n) is 4.16. The lowest BCUT2D eigenvalue weighted by Gasteiger charge is -2.21. The van der Waals surface area contributed by atoms with Gasteiger partial charge in [0.1, 0.15) is 6.61 Å². The van der Waals surface area contributed by atoms with Gasteiger partial charge in [0.25, 0.3) is 0 Å². The summed E-state index contributed by atoms with van der Waals surface area (Å²) in [6.07, 6.45) is 6.68. The van der Waals surface area contributed by atoms with Crippen LogP contribution in [0.2, 0.25) is 0 Å². The van der Waals surface area contributed by atoms with E-state index in [0.717, 1.165) is 6.42 Å².